The number of urea groups is 1. The molecule has 2 amide bonds. The van der Waals surface area contributed by atoms with Gasteiger partial charge in [0.2, 0.25) is 0 Å². The van der Waals surface area contributed by atoms with Gasteiger partial charge in [-0.1, -0.05) is 49.2 Å². The number of anilines is 2. The number of aromatic nitrogens is 1. The maximum atomic E-state index is 12.5. The van der Waals surface area contributed by atoms with Crippen LogP contribution in [-0.2, 0) is 0 Å². The molecule has 0 spiro atoms. The molecule has 1 N–H and O–H groups in total. The summed E-state index contributed by atoms with van der Waals surface area (Å²) < 4.78 is 0. The second-order valence-corrected chi connectivity index (χ2v) is 7.48. The first-order chi connectivity index (χ1) is 12.4. The predicted molar refractivity (Wildman–Crippen MR) is 108 cm³/mol. The number of piperazine rings is 1. The SMILES string of the molecule is CC(C)c1ccc(NC(=O)N2CCN(c3ncc(Cl)cc3Cl)CC2)cc1. The van der Waals surface area contributed by atoms with Gasteiger partial charge in [-0.25, -0.2) is 9.78 Å². The summed E-state index contributed by atoms with van der Waals surface area (Å²) in [5.41, 5.74) is 2.06. The monoisotopic (exact) mass is 392 g/mol. The van der Waals surface area contributed by atoms with Crippen LogP contribution in [0.4, 0.5) is 16.3 Å². The number of amides is 2. The molecule has 26 heavy (non-hydrogen) atoms. The van der Waals surface area contributed by atoms with Crippen LogP contribution in [0.2, 0.25) is 10.0 Å². The Balaban J connectivity index is 1.56. The molecule has 1 fully saturated rings. The van der Waals surface area contributed by atoms with Crippen LogP contribution in [0.5, 0.6) is 0 Å². The predicted octanol–water partition coefficient (Wildman–Crippen LogP) is 4.87. The van der Waals surface area contributed by atoms with Crippen LogP contribution in [0.3, 0.4) is 0 Å². The standard InChI is InChI=1S/C19H22Cl2N4O/c1-13(2)14-3-5-16(6-4-14)23-19(26)25-9-7-24(8-10-25)18-17(21)11-15(20)12-22-18/h3-6,11-13H,7-10H2,1-2H3,(H,23,26). The van der Waals surface area contributed by atoms with Gasteiger partial charge in [-0.05, 0) is 29.7 Å². The Morgan fingerprint density at radius 1 is 1.12 bits per heavy atom. The van der Waals surface area contributed by atoms with Gasteiger partial charge in [0.15, 0.2) is 0 Å². The summed E-state index contributed by atoms with van der Waals surface area (Å²) >= 11 is 12.1. The average molecular weight is 393 g/mol. The number of carbonyl (C=O) groups is 1. The van der Waals surface area contributed by atoms with Gasteiger partial charge in [0.25, 0.3) is 0 Å². The molecule has 0 atom stereocenters. The summed E-state index contributed by atoms with van der Waals surface area (Å²) in [5, 5.41) is 4.00. The van der Waals surface area contributed by atoms with E-state index in [9.17, 15) is 4.79 Å². The van der Waals surface area contributed by atoms with E-state index in [4.69, 9.17) is 23.2 Å². The van der Waals surface area contributed by atoms with E-state index < -0.39 is 0 Å². The van der Waals surface area contributed by atoms with Gasteiger partial charge in [-0.2, -0.15) is 0 Å². The highest BCUT2D eigenvalue weighted by molar-refractivity contribution is 6.36. The maximum Gasteiger partial charge on any atom is 0.321 e. The maximum absolute atomic E-state index is 12.5. The van der Waals surface area contributed by atoms with Crippen molar-refractivity contribution < 1.29 is 4.79 Å². The number of pyridine rings is 1. The Bertz CT molecular complexity index is 772. The third kappa shape index (κ3) is 4.40. The molecule has 1 aliphatic heterocycles. The highest BCUT2D eigenvalue weighted by atomic mass is 35.5. The van der Waals surface area contributed by atoms with Gasteiger partial charge >= 0.3 is 6.03 Å². The van der Waals surface area contributed by atoms with Crippen molar-refractivity contribution >= 4 is 40.7 Å². The van der Waals surface area contributed by atoms with Gasteiger partial charge in [0, 0.05) is 38.1 Å². The summed E-state index contributed by atoms with van der Waals surface area (Å²) in [6.45, 7) is 6.86. The molecule has 1 aliphatic rings. The van der Waals surface area contributed by atoms with Crippen molar-refractivity contribution in [1.82, 2.24) is 9.88 Å². The molecular formula is C19H22Cl2N4O. The van der Waals surface area contributed by atoms with E-state index in [0.29, 0.717) is 48.0 Å². The van der Waals surface area contributed by atoms with Crippen LogP contribution in [0.15, 0.2) is 36.5 Å². The lowest BCUT2D eigenvalue weighted by Crippen LogP contribution is -2.50. The molecular weight excluding hydrogens is 371 g/mol. The van der Waals surface area contributed by atoms with Crippen molar-refractivity contribution in [2.75, 3.05) is 36.4 Å². The molecule has 0 radical (unpaired) electrons. The van der Waals surface area contributed by atoms with Crippen molar-refractivity contribution in [2.24, 2.45) is 0 Å². The van der Waals surface area contributed by atoms with Crippen LogP contribution in [0, 0.1) is 0 Å². The van der Waals surface area contributed by atoms with Crippen molar-refractivity contribution in [1.29, 1.82) is 0 Å². The summed E-state index contributed by atoms with van der Waals surface area (Å²) in [7, 11) is 0. The van der Waals surface area contributed by atoms with E-state index in [1.54, 1.807) is 17.2 Å². The highest BCUT2D eigenvalue weighted by Crippen LogP contribution is 2.27. The molecule has 1 saturated heterocycles. The lowest BCUT2D eigenvalue weighted by Gasteiger charge is -2.35. The molecule has 2 heterocycles. The van der Waals surface area contributed by atoms with Crippen molar-refractivity contribution in [3.63, 3.8) is 0 Å². The number of nitrogens with zero attached hydrogens (tertiary/aromatic N) is 3. The summed E-state index contributed by atoms with van der Waals surface area (Å²) in [6.07, 6.45) is 1.59. The summed E-state index contributed by atoms with van der Waals surface area (Å²) in [5.74, 6) is 1.18. The van der Waals surface area contributed by atoms with Gasteiger partial charge in [-0.3, -0.25) is 0 Å². The fourth-order valence-corrected chi connectivity index (χ4v) is 3.41. The first-order valence-corrected chi connectivity index (χ1v) is 9.41. The highest BCUT2D eigenvalue weighted by Gasteiger charge is 2.23. The zero-order valence-corrected chi connectivity index (χ0v) is 16.4. The molecule has 7 heteroatoms. The Kier molecular flexibility index (Phi) is 5.89. The molecule has 2 aromatic rings. The Morgan fingerprint density at radius 2 is 1.77 bits per heavy atom. The zero-order valence-electron chi connectivity index (χ0n) is 14.9. The van der Waals surface area contributed by atoms with Crippen LogP contribution < -0.4 is 10.2 Å². The zero-order chi connectivity index (χ0) is 18.7. The molecule has 0 bridgehead atoms. The molecule has 0 unspecified atom stereocenters. The van der Waals surface area contributed by atoms with Crippen molar-refractivity contribution in [3.05, 3.63) is 52.1 Å². The Morgan fingerprint density at radius 3 is 2.35 bits per heavy atom. The van der Waals surface area contributed by atoms with E-state index >= 15 is 0 Å². The van der Waals surface area contributed by atoms with E-state index in [1.165, 1.54) is 5.56 Å². The van der Waals surface area contributed by atoms with E-state index in [1.807, 2.05) is 24.3 Å². The first kappa shape index (κ1) is 18.8. The van der Waals surface area contributed by atoms with E-state index in [-0.39, 0.29) is 6.03 Å². The molecule has 138 valence electrons. The number of hydrogen-bond donors (Lipinski definition) is 1. The van der Waals surface area contributed by atoms with Gasteiger partial charge < -0.3 is 15.1 Å². The minimum Gasteiger partial charge on any atom is -0.352 e. The minimum absolute atomic E-state index is 0.0860. The second-order valence-electron chi connectivity index (χ2n) is 6.64. The van der Waals surface area contributed by atoms with E-state index in [2.05, 4.69) is 29.0 Å². The van der Waals surface area contributed by atoms with Crippen molar-refractivity contribution in [3.8, 4) is 0 Å². The number of benzene rings is 1. The van der Waals surface area contributed by atoms with Crippen LogP contribution in [0.25, 0.3) is 0 Å². The van der Waals surface area contributed by atoms with E-state index in [0.717, 1.165) is 5.69 Å². The molecule has 1 aromatic carbocycles. The van der Waals surface area contributed by atoms with Gasteiger partial charge in [0.05, 0.1) is 10.0 Å². The third-order valence-electron chi connectivity index (χ3n) is 4.48. The van der Waals surface area contributed by atoms with Gasteiger partial charge in [0.1, 0.15) is 5.82 Å². The van der Waals surface area contributed by atoms with Crippen molar-refractivity contribution in [2.45, 2.75) is 19.8 Å². The number of nitrogens with one attached hydrogen (secondary N) is 1. The summed E-state index contributed by atoms with van der Waals surface area (Å²) in [4.78, 5) is 20.7. The normalized spacial score (nSPS) is 14.7. The smallest absolute Gasteiger partial charge is 0.321 e. The largest absolute Gasteiger partial charge is 0.352 e. The summed E-state index contributed by atoms with van der Waals surface area (Å²) in [6, 6.07) is 9.59. The molecule has 5 nitrogen and oxygen atoms in total. The topological polar surface area (TPSA) is 48.5 Å². The lowest BCUT2D eigenvalue weighted by atomic mass is 10.0. The quantitative estimate of drug-likeness (QED) is 0.810. The Labute approximate surface area is 163 Å². The number of carbonyl (C=O) groups excluding carboxylic acids is 1. The number of hydrogen-bond acceptors (Lipinski definition) is 3. The molecule has 3 rings (SSSR count). The molecule has 0 saturated carbocycles. The second kappa shape index (κ2) is 8.14. The fourth-order valence-electron chi connectivity index (χ4n) is 2.92. The molecule has 0 aliphatic carbocycles. The first-order valence-electron chi connectivity index (χ1n) is 8.66. The molecule has 1 aromatic heterocycles. The fraction of sp³-hybridized carbons (Fsp3) is 0.368. The van der Waals surface area contributed by atoms with Crippen LogP contribution in [0.1, 0.15) is 25.3 Å². The average Bonchev–Trinajstić information content (AvgIpc) is 2.62. The number of halogens is 2. The van der Waals surface area contributed by atoms with Crippen LogP contribution in [-0.4, -0.2) is 42.1 Å². The Hall–Kier alpha value is -1.98. The number of rotatable bonds is 3. The lowest BCUT2D eigenvalue weighted by molar-refractivity contribution is 0.208. The minimum atomic E-state index is -0.0860. The van der Waals surface area contributed by atoms with Crippen LogP contribution >= 0.6 is 23.2 Å². The van der Waals surface area contributed by atoms with Gasteiger partial charge in [-0.15, -0.1) is 0 Å². The third-order valence-corrected chi connectivity index (χ3v) is 4.97.